The minimum absolute atomic E-state index is 0.00326. The number of halogens is 2. The van der Waals surface area contributed by atoms with Gasteiger partial charge in [-0.3, -0.25) is 9.59 Å². The lowest BCUT2D eigenvalue weighted by Gasteiger charge is -2.16. The maximum atomic E-state index is 10.5. The number of nitrogens with one attached hydrogen (secondary N) is 1. The van der Waals surface area contributed by atoms with Crippen molar-refractivity contribution < 1.29 is 14.7 Å². The Balaban J connectivity index is 2.69. The van der Waals surface area contributed by atoms with Crippen molar-refractivity contribution in [1.82, 2.24) is 5.32 Å². The summed E-state index contributed by atoms with van der Waals surface area (Å²) in [5.41, 5.74) is 0.825. The minimum atomic E-state index is -0.894. The van der Waals surface area contributed by atoms with Gasteiger partial charge < -0.3 is 10.4 Å². The van der Waals surface area contributed by atoms with E-state index in [1.807, 2.05) is 0 Å². The zero-order valence-corrected chi connectivity index (χ0v) is 11.0. The Morgan fingerprint density at radius 1 is 1.44 bits per heavy atom. The van der Waals surface area contributed by atoms with E-state index in [0.717, 1.165) is 5.56 Å². The van der Waals surface area contributed by atoms with E-state index < -0.39 is 5.97 Å². The molecule has 18 heavy (non-hydrogen) atoms. The van der Waals surface area contributed by atoms with Crippen molar-refractivity contribution in [2.45, 2.75) is 25.3 Å². The highest BCUT2D eigenvalue weighted by Gasteiger charge is 2.12. The van der Waals surface area contributed by atoms with Crippen molar-refractivity contribution in [3.05, 3.63) is 33.8 Å². The zero-order chi connectivity index (χ0) is 13.5. The third kappa shape index (κ3) is 4.94. The van der Waals surface area contributed by atoms with Gasteiger partial charge >= 0.3 is 5.97 Å². The molecule has 1 atom stereocenters. The molecule has 0 saturated heterocycles. The van der Waals surface area contributed by atoms with Crippen LogP contribution in [0.2, 0.25) is 10.0 Å². The number of benzene rings is 1. The van der Waals surface area contributed by atoms with Crippen LogP contribution in [0.5, 0.6) is 0 Å². The summed E-state index contributed by atoms with van der Waals surface area (Å²) in [5.74, 6) is -0.894. The lowest BCUT2D eigenvalue weighted by atomic mass is 10.0. The van der Waals surface area contributed by atoms with Crippen LogP contribution in [0.4, 0.5) is 0 Å². The van der Waals surface area contributed by atoms with Gasteiger partial charge in [0.05, 0.1) is 0 Å². The zero-order valence-electron chi connectivity index (χ0n) is 9.53. The quantitative estimate of drug-likeness (QED) is 0.758. The van der Waals surface area contributed by atoms with Crippen LogP contribution in [0.1, 0.15) is 18.4 Å². The van der Waals surface area contributed by atoms with Crippen LogP contribution in [-0.4, -0.2) is 23.5 Å². The smallest absolute Gasteiger partial charge is 0.303 e. The standard InChI is InChI=1S/C12H13Cl2NO3/c13-9-2-1-8(11(14)6-9)5-10(15-7-16)3-4-12(17)18/h1-2,6-7,10H,3-5H2,(H,15,16)(H,17,18). The largest absolute Gasteiger partial charge is 0.481 e. The molecule has 0 bridgehead atoms. The van der Waals surface area contributed by atoms with E-state index in [9.17, 15) is 9.59 Å². The van der Waals surface area contributed by atoms with E-state index in [2.05, 4.69) is 5.32 Å². The summed E-state index contributed by atoms with van der Waals surface area (Å²) in [6, 6.07) is 4.84. The average Bonchev–Trinajstić information content (AvgIpc) is 2.29. The Morgan fingerprint density at radius 3 is 2.72 bits per heavy atom. The van der Waals surface area contributed by atoms with Crippen molar-refractivity contribution >= 4 is 35.6 Å². The van der Waals surface area contributed by atoms with Crippen molar-refractivity contribution in [2.75, 3.05) is 0 Å². The molecule has 1 aromatic rings. The van der Waals surface area contributed by atoms with Crippen LogP contribution in [-0.2, 0) is 16.0 Å². The minimum Gasteiger partial charge on any atom is -0.481 e. The monoisotopic (exact) mass is 289 g/mol. The third-order valence-corrected chi connectivity index (χ3v) is 3.08. The number of carbonyl (C=O) groups is 2. The molecule has 1 amide bonds. The summed E-state index contributed by atoms with van der Waals surface area (Å²) in [4.78, 5) is 21.0. The van der Waals surface area contributed by atoms with Crippen molar-refractivity contribution in [3.8, 4) is 0 Å². The highest BCUT2D eigenvalue weighted by atomic mass is 35.5. The number of rotatable bonds is 7. The molecule has 0 aliphatic rings. The topological polar surface area (TPSA) is 66.4 Å². The lowest BCUT2D eigenvalue weighted by Crippen LogP contribution is -2.30. The molecule has 1 unspecified atom stereocenters. The van der Waals surface area contributed by atoms with Crippen LogP contribution >= 0.6 is 23.2 Å². The molecular formula is C12H13Cl2NO3. The van der Waals surface area contributed by atoms with Gasteiger partial charge in [0.2, 0.25) is 6.41 Å². The van der Waals surface area contributed by atoms with Crippen LogP contribution in [0, 0.1) is 0 Å². The molecule has 1 aromatic carbocycles. The first-order chi connectivity index (χ1) is 8.52. The van der Waals surface area contributed by atoms with Gasteiger partial charge in [-0.05, 0) is 30.5 Å². The summed E-state index contributed by atoms with van der Waals surface area (Å²) < 4.78 is 0. The summed E-state index contributed by atoms with van der Waals surface area (Å²) in [5, 5.41) is 12.3. The molecule has 4 nitrogen and oxygen atoms in total. The normalized spacial score (nSPS) is 11.9. The van der Waals surface area contributed by atoms with Crippen LogP contribution < -0.4 is 5.32 Å². The molecule has 0 fully saturated rings. The first-order valence-electron chi connectivity index (χ1n) is 5.38. The number of carboxylic acids is 1. The lowest BCUT2D eigenvalue weighted by molar-refractivity contribution is -0.137. The Morgan fingerprint density at radius 2 is 2.17 bits per heavy atom. The van der Waals surface area contributed by atoms with E-state index in [1.54, 1.807) is 18.2 Å². The van der Waals surface area contributed by atoms with Crippen LogP contribution in [0.15, 0.2) is 18.2 Å². The fraction of sp³-hybridized carbons (Fsp3) is 0.333. The second-order valence-corrected chi connectivity index (χ2v) is 4.70. The Hall–Kier alpha value is -1.26. The SMILES string of the molecule is O=CNC(CCC(=O)O)Cc1ccc(Cl)cc1Cl. The maximum Gasteiger partial charge on any atom is 0.303 e. The molecule has 2 N–H and O–H groups in total. The molecule has 0 saturated carbocycles. The van der Waals surface area contributed by atoms with Crippen LogP contribution in [0.3, 0.4) is 0 Å². The van der Waals surface area contributed by atoms with E-state index >= 15 is 0 Å². The molecule has 0 radical (unpaired) electrons. The molecule has 0 heterocycles. The number of aliphatic carboxylic acids is 1. The van der Waals surface area contributed by atoms with Gasteiger partial charge in [0.1, 0.15) is 0 Å². The number of carbonyl (C=O) groups excluding carboxylic acids is 1. The van der Waals surface area contributed by atoms with Gasteiger partial charge in [-0.25, -0.2) is 0 Å². The van der Waals surface area contributed by atoms with E-state index in [4.69, 9.17) is 28.3 Å². The second kappa shape index (κ2) is 7.24. The Bertz CT molecular complexity index is 437. The van der Waals surface area contributed by atoms with E-state index in [-0.39, 0.29) is 12.5 Å². The number of amides is 1. The Labute approximate surface area is 115 Å². The van der Waals surface area contributed by atoms with Gasteiger partial charge in [-0.15, -0.1) is 0 Å². The van der Waals surface area contributed by atoms with Gasteiger partial charge in [0.25, 0.3) is 0 Å². The van der Waals surface area contributed by atoms with Crippen molar-refractivity contribution in [3.63, 3.8) is 0 Å². The molecule has 0 aliphatic heterocycles. The maximum absolute atomic E-state index is 10.5. The molecule has 98 valence electrons. The van der Waals surface area contributed by atoms with Gasteiger partial charge in [-0.2, -0.15) is 0 Å². The van der Waals surface area contributed by atoms with Crippen molar-refractivity contribution in [2.24, 2.45) is 0 Å². The molecule has 0 aliphatic carbocycles. The predicted octanol–water partition coefficient (Wildman–Crippen LogP) is 2.52. The number of carboxylic acid groups (broad SMARTS) is 1. The fourth-order valence-corrected chi connectivity index (χ4v) is 2.08. The summed E-state index contributed by atoms with van der Waals surface area (Å²) >= 11 is 11.8. The Kier molecular flexibility index (Phi) is 5.95. The summed E-state index contributed by atoms with van der Waals surface area (Å²) in [6.45, 7) is 0. The first kappa shape index (κ1) is 14.8. The van der Waals surface area contributed by atoms with Crippen LogP contribution in [0.25, 0.3) is 0 Å². The number of hydrogen-bond acceptors (Lipinski definition) is 2. The highest BCUT2D eigenvalue weighted by Crippen LogP contribution is 2.22. The second-order valence-electron chi connectivity index (χ2n) is 3.85. The molecule has 0 aromatic heterocycles. The summed E-state index contributed by atoms with van der Waals surface area (Å²) in [7, 11) is 0. The number of hydrogen-bond donors (Lipinski definition) is 2. The van der Waals surface area contributed by atoms with Crippen molar-refractivity contribution in [1.29, 1.82) is 0 Å². The summed E-state index contributed by atoms with van der Waals surface area (Å²) in [6.07, 6.45) is 1.39. The average molecular weight is 290 g/mol. The van der Waals surface area contributed by atoms with Gasteiger partial charge in [0.15, 0.2) is 0 Å². The van der Waals surface area contributed by atoms with E-state index in [0.29, 0.717) is 29.3 Å². The fourth-order valence-electron chi connectivity index (χ4n) is 1.59. The van der Waals surface area contributed by atoms with Gasteiger partial charge in [0, 0.05) is 22.5 Å². The molecule has 1 rings (SSSR count). The predicted molar refractivity (Wildman–Crippen MR) is 70.0 cm³/mol. The van der Waals surface area contributed by atoms with E-state index in [1.165, 1.54) is 0 Å². The highest BCUT2D eigenvalue weighted by molar-refractivity contribution is 6.35. The third-order valence-electron chi connectivity index (χ3n) is 2.49. The van der Waals surface area contributed by atoms with Gasteiger partial charge in [-0.1, -0.05) is 29.3 Å². The molecular weight excluding hydrogens is 277 g/mol. The molecule has 0 spiro atoms. The first-order valence-corrected chi connectivity index (χ1v) is 6.14. The molecule has 6 heteroatoms.